The molecule has 5 nitrogen and oxygen atoms in total. The molecule has 0 bridgehead atoms. The number of rotatable bonds is 5. The molecule has 0 N–H and O–H groups in total. The fraction of sp³-hybridized carbons (Fsp3) is 0.474. The Morgan fingerprint density at radius 1 is 1.21 bits per heavy atom. The molecule has 1 aromatic heterocycles. The molecular weight excluding hydrogens is 302 g/mol. The number of aromatic nitrogens is 2. The summed E-state index contributed by atoms with van der Waals surface area (Å²) in [6, 6.07) is 10.5. The number of carbonyl (C=O) groups is 1. The van der Waals surface area contributed by atoms with Crippen molar-refractivity contribution in [2.45, 2.75) is 51.6 Å². The van der Waals surface area contributed by atoms with E-state index in [-0.39, 0.29) is 11.9 Å². The van der Waals surface area contributed by atoms with E-state index in [1.54, 1.807) is 13.3 Å². The number of hydrogen-bond donors (Lipinski definition) is 0. The maximum atomic E-state index is 12.7. The standard InChI is InChI=1S/C19H25N3O2/c1-14-13-15(2)22-18(11-12-20-22)21(14)19(23)6-4-5-16-7-9-17(24-3)10-8-16/h7-12,14-15H,4-6,13H2,1-3H3/t14-,15-/m1/s1. The number of amides is 1. The predicted octanol–water partition coefficient (Wildman–Crippen LogP) is 3.60. The fourth-order valence-electron chi connectivity index (χ4n) is 3.49. The Bertz CT molecular complexity index is 693. The summed E-state index contributed by atoms with van der Waals surface area (Å²) >= 11 is 0. The summed E-state index contributed by atoms with van der Waals surface area (Å²) in [5.41, 5.74) is 1.23. The molecule has 24 heavy (non-hydrogen) atoms. The number of fused-ring (bicyclic) bond motifs is 1. The van der Waals surface area contributed by atoms with Gasteiger partial charge in [-0.05, 0) is 50.8 Å². The van der Waals surface area contributed by atoms with Crippen LogP contribution in [0.2, 0.25) is 0 Å². The van der Waals surface area contributed by atoms with Crippen molar-refractivity contribution in [2.75, 3.05) is 12.0 Å². The Morgan fingerprint density at radius 2 is 1.96 bits per heavy atom. The number of anilines is 1. The minimum atomic E-state index is 0.185. The van der Waals surface area contributed by atoms with Gasteiger partial charge in [-0.2, -0.15) is 5.10 Å². The normalized spacial score (nSPS) is 19.9. The topological polar surface area (TPSA) is 47.4 Å². The van der Waals surface area contributed by atoms with Gasteiger partial charge >= 0.3 is 0 Å². The highest BCUT2D eigenvalue weighted by Crippen LogP contribution is 2.31. The molecule has 1 aliphatic heterocycles. The Balaban J connectivity index is 1.60. The monoisotopic (exact) mass is 327 g/mol. The molecule has 0 fully saturated rings. The first kappa shape index (κ1) is 16.6. The first-order valence-corrected chi connectivity index (χ1v) is 8.58. The largest absolute Gasteiger partial charge is 0.497 e. The van der Waals surface area contributed by atoms with Crippen LogP contribution < -0.4 is 9.64 Å². The zero-order valence-corrected chi connectivity index (χ0v) is 14.6. The van der Waals surface area contributed by atoms with Gasteiger partial charge in [-0.15, -0.1) is 0 Å². The lowest BCUT2D eigenvalue weighted by Crippen LogP contribution is -2.44. The van der Waals surface area contributed by atoms with Crippen molar-refractivity contribution in [2.24, 2.45) is 0 Å². The quantitative estimate of drug-likeness (QED) is 0.843. The number of benzene rings is 1. The molecule has 1 aliphatic rings. The van der Waals surface area contributed by atoms with Crippen molar-refractivity contribution in [3.8, 4) is 5.75 Å². The van der Waals surface area contributed by atoms with Gasteiger partial charge in [0, 0.05) is 18.5 Å². The average Bonchev–Trinajstić information content (AvgIpc) is 3.05. The van der Waals surface area contributed by atoms with Crippen LogP contribution in [0.1, 0.15) is 44.7 Å². The molecule has 2 heterocycles. The van der Waals surface area contributed by atoms with Gasteiger partial charge in [0.15, 0.2) is 0 Å². The summed E-state index contributed by atoms with van der Waals surface area (Å²) in [5.74, 6) is 1.97. The highest BCUT2D eigenvalue weighted by Gasteiger charge is 2.31. The lowest BCUT2D eigenvalue weighted by Gasteiger charge is -2.37. The van der Waals surface area contributed by atoms with E-state index in [1.165, 1.54) is 5.56 Å². The second-order valence-corrected chi connectivity index (χ2v) is 6.53. The summed E-state index contributed by atoms with van der Waals surface area (Å²) in [7, 11) is 1.67. The molecule has 0 spiro atoms. The van der Waals surface area contributed by atoms with E-state index >= 15 is 0 Å². The summed E-state index contributed by atoms with van der Waals surface area (Å²) in [4.78, 5) is 14.6. The molecule has 5 heteroatoms. The number of carbonyl (C=O) groups excluding carboxylic acids is 1. The number of hydrogen-bond acceptors (Lipinski definition) is 3. The van der Waals surface area contributed by atoms with Crippen LogP contribution in [0.5, 0.6) is 5.75 Å². The second kappa shape index (κ2) is 7.07. The molecule has 3 rings (SSSR count). The summed E-state index contributed by atoms with van der Waals surface area (Å²) in [6.45, 7) is 4.27. The highest BCUT2D eigenvalue weighted by molar-refractivity contribution is 5.93. The Morgan fingerprint density at radius 3 is 2.67 bits per heavy atom. The van der Waals surface area contributed by atoms with Crippen molar-refractivity contribution in [1.29, 1.82) is 0 Å². The van der Waals surface area contributed by atoms with Crippen molar-refractivity contribution >= 4 is 11.7 Å². The zero-order valence-electron chi connectivity index (χ0n) is 14.6. The van der Waals surface area contributed by atoms with Crippen molar-refractivity contribution in [3.63, 3.8) is 0 Å². The van der Waals surface area contributed by atoms with Crippen LogP contribution >= 0.6 is 0 Å². The van der Waals surface area contributed by atoms with Crippen molar-refractivity contribution in [3.05, 3.63) is 42.1 Å². The minimum absolute atomic E-state index is 0.185. The number of aryl methyl sites for hydroxylation is 1. The van der Waals surface area contributed by atoms with Gasteiger partial charge in [0.1, 0.15) is 11.6 Å². The van der Waals surface area contributed by atoms with E-state index in [2.05, 4.69) is 31.1 Å². The molecule has 1 aromatic carbocycles. The van der Waals surface area contributed by atoms with E-state index in [0.29, 0.717) is 12.5 Å². The van der Waals surface area contributed by atoms with Crippen molar-refractivity contribution in [1.82, 2.24) is 9.78 Å². The molecule has 2 aromatic rings. The van der Waals surface area contributed by atoms with Crippen LogP contribution in [0.25, 0.3) is 0 Å². The smallest absolute Gasteiger partial charge is 0.228 e. The maximum Gasteiger partial charge on any atom is 0.228 e. The number of methoxy groups -OCH3 is 1. The second-order valence-electron chi connectivity index (χ2n) is 6.53. The van der Waals surface area contributed by atoms with Gasteiger partial charge in [-0.25, -0.2) is 4.68 Å². The highest BCUT2D eigenvalue weighted by atomic mass is 16.5. The van der Waals surface area contributed by atoms with Gasteiger partial charge in [-0.3, -0.25) is 9.69 Å². The van der Waals surface area contributed by atoms with Crippen LogP contribution in [-0.2, 0) is 11.2 Å². The van der Waals surface area contributed by atoms with Crippen LogP contribution in [-0.4, -0.2) is 28.8 Å². The summed E-state index contributed by atoms with van der Waals surface area (Å²) < 4.78 is 7.13. The Kier molecular flexibility index (Phi) is 4.88. The van der Waals surface area contributed by atoms with E-state index in [9.17, 15) is 4.79 Å². The molecule has 0 aliphatic carbocycles. The van der Waals surface area contributed by atoms with E-state index in [0.717, 1.165) is 30.8 Å². The first-order valence-electron chi connectivity index (χ1n) is 8.58. The molecule has 1 amide bonds. The molecule has 0 saturated carbocycles. The van der Waals surface area contributed by atoms with E-state index in [1.807, 2.05) is 27.8 Å². The minimum Gasteiger partial charge on any atom is -0.497 e. The molecular formula is C19H25N3O2. The van der Waals surface area contributed by atoms with Crippen LogP contribution in [0, 0.1) is 0 Å². The lowest BCUT2D eigenvalue weighted by molar-refractivity contribution is -0.119. The van der Waals surface area contributed by atoms with Crippen molar-refractivity contribution < 1.29 is 9.53 Å². The van der Waals surface area contributed by atoms with Gasteiger partial charge in [-0.1, -0.05) is 12.1 Å². The zero-order chi connectivity index (χ0) is 17.1. The van der Waals surface area contributed by atoms with Gasteiger partial charge in [0.25, 0.3) is 0 Å². The molecule has 2 atom stereocenters. The third kappa shape index (κ3) is 3.30. The van der Waals surface area contributed by atoms with E-state index < -0.39 is 0 Å². The molecule has 0 radical (unpaired) electrons. The lowest BCUT2D eigenvalue weighted by atomic mass is 10.0. The summed E-state index contributed by atoms with van der Waals surface area (Å²) in [6.07, 6.45) is 5.02. The Hall–Kier alpha value is -2.30. The number of nitrogens with zero attached hydrogens (tertiary/aromatic N) is 3. The fourth-order valence-corrected chi connectivity index (χ4v) is 3.49. The van der Waals surface area contributed by atoms with Crippen LogP contribution in [0.3, 0.4) is 0 Å². The molecule has 0 unspecified atom stereocenters. The predicted molar refractivity (Wildman–Crippen MR) is 94.4 cm³/mol. The average molecular weight is 327 g/mol. The van der Waals surface area contributed by atoms with Crippen LogP contribution in [0.4, 0.5) is 5.82 Å². The van der Waals surface area contributed by atoms with E-state index in [4.69, 9.17) is 4.74 Å². The van der Waals surface area contributed by atoms with Gasteiger partial charge in [0.2, 0.25) is 5.91 Å². The SMILES string of the molecule is COc1ccc(CCCC(=O)N2c3ccnn3[C@H](C)C[C@H]2C)cc1. The number of ether oxygens (including phenoxy) is 1. The maximum absolute atomic E-state index is 12.7. The Labute approximate surface area is 143 Å². The molecule has 128 valence electrons. The van der Waals surface area contributed by atoms with Crippen LogP contribution in [0.15, 0.2) is 36.5 Å². The molecule has 0 saturated heterocycles. The van der Waals surface area contributed by atoms with Gasteiger partial charge in [0.05, 0.1) is 19.3 Å². The third-order valence-electron chi connectivity index (χ3n) is 4.72. The first-order chi connectivity index (χ1) is 11.6. The summed E-state index contributed by atoms with van der Waals surface area (Å²) in [5, 5.41) is 4.36. The third-order valence-corrected chi connectivity index (χ3v) is 4.72. The van der Waals surface area contributed by atoms with Gasteiger partial charge < -0.3 is 4.74 Å².